The molecule has 54 valence electrons. The molecule has 0 saturated heterocycles. The molecular formula is C8H11BiO. The van der Waals surface area contributed by atoms with Crippen LogP contribution in [0, 0.1) is 0 Å². The molecule has 2 heteroatoms. The maximum absolute atomic E-state index is 5.31. The molecule has 0 heterocycles. The van der Waals surface area contributed by atoms with Crippen molar-refractivity contribution >= 4 is 28.0 Å². The van der Waals surface area contributed by atoms with Crippen molar-refractivity contribution in [3.8, 4) is 5.75 Å². The molecule has 0 aliphatic carbocycles. The monoisotopic (exact) mass is 332 g/mol. The Kier molecular flexibility index (Phi) is 3.14. The van der Waals surface area contributed by atoms with E-state index in [9.17, 15) is 0 Å². The van der Waals surface area contributed by atoms with Crippen LogP contribution in [0.5, 0.6) is 5.75 Å². The fraction of sp³-hybridized carbons (Fsp3) is 0.250. The van der Waals surface area contributed by atoms with Gasteiger partial charge in [-0.15, -0.1) is 0 Å². The van der Waals surface area contributed by atoms with Crippen LogP contribution in [-0.2, 0) is 0 Å². The SMILES string of the molecule is CCOc1ccc[c]([BiH2])c1. The first kappa shape index (κ1) is 8.00. The van der Waals surface area contributed by atoms with Gasteiger partial charge < -0.3 is 0 Å². The minimum atomic E-state index is 0.758. The Labute approximate surface area is 76.2 Å². The Morgan fingerprint density at radius 3 is 2.90 bits per heavy atom. The van der Waals surface area contributed by atoms with E-state index < -0.39 is 0 Å². The zero-order valence-corrected chi connectivity index (χ0v) is 10.5. The van der Waals surface area contributed by atoms with E-state index in [4.69, 9.17) is 4.74 Å². The third-order valence-corrected chi connectivity index (χ3v) is 2.57. The van der Waals surface area contributed by atoms with Crippen molar-refractivity contribution in [3.05, 3.63) is 24.3 Å². The normalized spacial score (nSPS) is 9.40. The van der Waals surface area contributed by atoms with E-state index in [2.05, 4.69) is 12.1 Å². The van der Waals surface area contributed by atoms with E-state index in [0.29, 0.717) is 0 Å². The zero-order chi connectivity index (χ0) is 7.40. The average molecular weight is 332 g/mol. The molecule has 1 nitrogen and oxygen atoms in total. The molecule has 0 radical (unpaired) electrons. The van der Waals surface area contributed by atoms with Gasteiger partial charge in [0.1, 0.15) is 0 Å². The van der Waals surface area contributed by atoms with Gasteiger partial charge in [-0.05, 0) is 0 Å². The van der Waals surface area contributed by atoms with E-state index in [1.807, 2.05) is 19.1 Å². The summed E-state index contributed by atoms with van der Waals surface area (Å²) >= 11 is 0.908. The number of hydrogen-bond acceptors (Lipinski definition) is 1. The summed E-state index contributed by atoms with van der Waals surface area (Å²) in [5.74, 6) is 1.00. The van der Waals surface area contributed by atoms with Crippen LogP contribution in [0.25, 0.3) is 0 Å². The number of ether oxygens (including phenoxy) is 1. The van der Waals surface area contributed by atoms with E-state index >= 15 is 0 Å². The van der Waals surface area contributed by atoms with E-state index in [1.54, 1.807) is 0 Å². The third-order valence-electron chi connectivity index (χ3n) is 1.17. The quantitative estimate of drug-likeness (QED) is 0.710. The van der Waals surface area contributed by atoms with Gasteiger partial charge in [-0.2, -0.15) is 0 Å². The summed E-state index contributed by atoms with van der Waals surface area (Å²) in [7, 11) is 0. The summed E-state index contributed by atoms with van der Waals surface area (Å²) in [6, 6.07) is 8.27. The van der Waals surface area contributed by atoms with Crippen molar-refractivity contribution in [2.24, 2.45) is 0 Å². The summed E-state index contributed by atoms with van der Waals surface area (Å²) in [6.07, 6.45) is 0. The number of benzene rings is 1. The molecule has 0 saturated carbocycles. The molecule has 0 aliphatic heterocycles. The number of hydrogen-bond donors (Lipinski definition) is 0. The zero-order valence-electron chi connectivity index (χ0n) is 6.00. The first-order valence-corrected chi connectivity index (χ1v) is 5.55. The Bertz CT molecular complexity index is 210. The van der Waals surface area contributed by atoms with Crippen LogP contribution in [0.15, 0.2) is 24.3 Å². The van der Waals surface area contributed by atoms with Crippen molar-refractivity contribution in [3.63, 3.8) is 0 Å². The molecule has 0 unspecified atom stereocenters. The van der Waals surface area contributed by atoms with Crippen LogP contribution >= 0.6 is 0 Å². The molecular weight excluding hydrogens is 321 g/mol. The molecule has 0 amide bonds. The van der Waals surface area contributed by atoms with Crippen LogP contribution in [0.4, 0.5) is 0 Å². The Morgan fingerprint density at radius 2 is 2.30 bits per heavy atom. The van der Waals surface area contributed by atoms with E-state index in [1.165, 1.54) is 3.27 Å². The summed E-state index contributed by atoms with van der Waals surface area (Å²) in [6.45, 7) is 2.76. The van der Waals surface area contributed by atoms with Crippen molar-refractivity contribution in [1.82, 2.24) is 0 Å². The van der Waals surface area contributed by atoms with Crippen LogP contribution in [0.1, 0.15) is 6.92 Å². The van der Waals surface area contributed by atoms with Crippen molar-refractivity contribution in [1.29, 1.82) is 0 Å². The van der Waals surface area contributed by atoms with Crippen LogP contribution in [0.2, 0.25) is 0 Å². The molecule has 1 aromatic rings. The molecule has 0 fully saturated rings. The van der Waals surface area contributed by atoms with E-state index in [-0.39, 0.29) is 0 Å². The second-order valence-electron chi connectivity index (χ2n) is 2.01. The van der Waals surface area contributed by atoms with Crippen molar-refractivity contribution in [2.45, 2.75) is 6.92 Å². The van der Waals surface area contributed by atoms with Gasteiger partial charge in [0.25, 0.3) is 0 Å². The van der Waals surface area contributed by atoms with Gasteiger partial charge >= 0.3 is 76.3 Å². The van der Waals surface area contributed by atoms with Crippen LogP contribution < -0.4 is 8.01 Å². The fourth-order valence-electron chi connectivity index (χ4n) is 0.771. The standard InChI is InChI=1S/C8H9O.Bi.2H/c1-2-9-8-6-4-3-5-7-8;;;/h3-4,6-7H,2H2,1H3;;;. The minimum absolute atomic E-state index is 0.758. The van der Waals surface area contributed by atoms with Gasteiger partial charge in [0.05, 0.1) is 0 Å². The molecule has 0 N–H and O–H groups in total. The summed E-state index contributed by atoms with van der Waals surface area (Å²) in [4.78, 5) is 0. The average Bonchev–Trinajstić information content (AvgIpc) is 1.88. The first-order chi connectivity index (χ1) is 4.83. The number of rotatable bonds is 2. The van der Waals surface area contributed by atoms with Crippen molar-refractivity contribution in [2.75, 3.05) is 6.61 Å². The van der Waals surface area contributed by atoms with Gasteiger partial charge in [-0.25, -0.2) is 0 Å². The topological polar surface area (TPSA) is 9.23 Å². The van der Waals surface area contributed by atoms with Crippen LogP contribution in [0.3, 0.4) is 0 Å². The second kappa shape index (κ2) is 3.92. The van der Waals surface area contributed by atoms with Crippen molar-refractivity contribution < 1.29 is 4.74 Å². The van der Waals surface area contributed by atoms with E-state index in [0.717, 1.165) is 37.1 Å². The second-order valence-corrected chi connectivity index (χ2v) is 4.60. The van der Waals surface area contributed by atoms with Gasteiger partial charge in [0.15, 0.2) is 0 Å². The molecule has 0 atom stereocenters. The molecule has 0 spiro atoms. The fourth-order valence-corrected chi connectivity index (χ4v) is 1.84. The molecule has 0 bridgehead atoms. The molecule has 0 aromatic heterocycles. The summed E-state index contributed by atoms with van der Waals surface area (Å²) in [5.41, 5.74) is 0. The molecule has 1 aromatic carbocycles. The van der Waals surface area contributed by atoms with Gasteiger partial charge in [-0.3, -0.25) is 0 Å². The predicted molar refractivity (Wildman–Crippen MR) is 45.8 cm³/mol. The van der Waals surface area contributed by atoms with Gasteiger partial charge in [0, 0.05) is 0 Å². The Morgan fingerprint density at radius 1 is 1.50 bits per heavy atom. The maximum atomic E-state index is 5.31. The van der Waals surface area contributed by atoms with Gasteiger partial charge in [0.2, 0.25) is 0 Å². The first-order valence-electron chi connectivity index (χ1n) is 3.31. The van der Waals surface area contributed by atoms with Crippen LogP contribution in [-0.4, -0.2) is 31.3 Å². The summed E-state index contributed by atoms with van der Waals surface area (Å²) in [5, 5.41) is 0. The Balaban J connectivity index is 2.75. The molecule has 0 aliphatic rings. The molecule has 1 rings (SSSR count). The van der Waals surface area contributed by atoms with Gasteiger partial charge in [-0.1, -0.05) is 0 Å². The Hall–Kier alpha value is -0.0969. The summed E-state index contributed by atoms with van der Waals surface area (Å²) < 4.78 is 6.72. The predicted octanol–water partition coefficient (Wildman–Crippen LogP) is 0.344. The third kappa shape index (κ3) is 2.26. The molecule has 10 heavy (non-hydrogen) atoms.